The molecule has 3 nitrogen and oxygen atoms in total. The van der Waals surface area contributed by atoms with Gasteiger partial charge >= 0.3 is 0 Å². The van der Waals surface area contributed by atoms with E-state index in [4.69, 9.17) is 12.2 Å². The van der Waals surface area contributed by atoms with E-state index in [-0.39, 0.29) is 5.78 Å². The number of ketones is 1. The summed E-state index contributed by atoms with van der Waals surface area (Å²) in [4.78, 5) is 13.6. The fourth-order valence-electron chi connectivity index (χ4n) is 2.24. The van der Waals surface area contributed by atoms with Gasteiger partial charge in [0.1, 0.15) is 0 Å². The Morgan fingerprint density at radius 2 is 2.13 bits per heavy atom. The summed E-state index contributed by atoms with van der Waals surface area (Å²) in [5.74, 6) is -0.0605. The highest BCUT2D eigenvalue weighted by atomic mass is 79.9. The van der Waals surface area contributed by atoms with Gasteiger partial charge in [-0.1, -0.05) is 46.4 Å². The second-order valence-electron chi connectivity index (χ2n) is 5.11. The molecule has 0 saturated heterocycles. The van der Waals surface area contributed by atoms with E-state index in [9.17, 15) is 4.79 Å². The van der Waals surface area contributed by atoms with Crippen molar-refractivity contribution < 1.29 is 9.36 Å². The fraction of sp³-hybridized carbons (Fsp3) is 0.167. The molecule has 0 aliphatic rings. The number of nitrogens with zero attached hydrogens (tertiary/aromatic N) is 1. The first-order chi connectivity index (χ1) is 11.0. The number of benzene rings is 1. The minimum Gasteiger partial charge on any atom is -0.370 e. The molecule has 5 heteroatoms. The predicted octanol–water partition coefficient (Wildman–Crippen LogP) is 3.57. The molecule has 1 aromatic heterocycles. The maximum Gasteiger partial charge on any atom is 0.270 e. The molecule has 0 radical (unpaired) electrons. The quantitative estimate of drug-likeness (QED) is 0.354. The Hall–Kier alpha value is -1.85. The highest BCUT2D eigenvalue weighted by molar-refractivity contribution is 9.10. The van der Waals surface area contributed by atoms with Crippen LogP contribution in [0.2, 0.25) is 0 Å². The van der Waals surface area contributed by atoms with Crippen molar-refractivity contribution in [3.05, 3.63) is 77.0 Å². The zero-order chi connectivity index (χ0) is 16.8. The van der Waals surface area contributed by atoms with Crippen LogP contribution >= 0.6 is 28.1 Å². The van der Waals surface area contributed by atoms with E-state index >= 15 is 0 Å². The van der Waals surface area contributed by atoms with Gasteiger partial charge in [-0.2, -0.15) is 4.57 Å². The van der Waals surface area contributed by atoms with E-state index in [1.54, 1.807) is 12.1 Å². The van der Waals surface area contributed by atoms with Crippen molar-refractivity contribution in [1.29, 1.82) is 0 Å². The number of rotatable bonds is 6. The smallest absolute Gasteiger partial charge is 0.270 e. The van der Waals surface area contributed by atoms with Crippen LogP contribution < -0.4 is 9.88 Å². The summed E-state index contributed by atoms with van der Waals surface area (Å²) in [5.41, 5.74) is 1.67. The molecule has 0 unspecified atom stereocenters. The molecular formula is C18H18BrN2OS+. The van der Waals surface area contributed by atoms with Crippen LogP contribution in [0.3, 0.4) is 0 Å². The molecule has 0 amide bonds. The van der Waals surface area contributed by atoms with Crippen molar-refractivity contribution in [3.63, 3.8) is 0 Å². The first-order valence-electron chi connectivity index (χ1n) is 7.19. The summed E-state index contributed by atoms with van der Waals surface area (Å²) < 4.78 is 2.60. The molecule has 1 heterocycles. The maximum atomic E-state index is 13.1. The van der Waals surface area contributed by atoms with Crippen LogP contribution in [0.4, 0.5) is 0 Å². The van der Waals surface area contributed by atoms with E-state index < -0.39 is 6.04 Å². The number of aryl methyl sites for hydroxylation is 1. The normalized spacial score (nSPS) is 11.6. The van der Waals surface area contributed by atoms with Crippen LogP contribution in [-0.4, -0.2) is 17.3 Å². The number of halogens is 1. The van der Waals surface area contributed by atoms with Crippen molar-refractivity contribution in [2.75, 3.05) is 6.54 Å². The topological polar surface area (TPSA) is 33.0 Å². The average Bonchev–Trinajstić information content (AvgIpc) is 2.53. The maximum absolute atomic E-state index is 13.1. The van der Waals surface area contributed by atoms with Crippen LogP contribution in [0.15, 0.2) is 65.9 Å². The van der Waals surface area contributed by atoms with Crippen molar-refractivity contribution in [3.8, 4) is 0 Å². The predicted molar refractivity (Wildman–Crippen MR) is 99.7 cm³/mol. The minimum atomic E-state index is -0.594. The van der Waals surface area contributed by atoms with Gasteiger partial charge in [-0.25, -0.2) is 0 Å². The van der Waals surface area contributed by atoms with Gasteiger partial charge in [0.2, 0.25) is 5.78 Å². The number of pyridine rings is 1. The van der Waals surface area contributed by atoms with Gasteiger partial charge in [0, 0.05) is 28.2 Å². The molecule has 2 rings (SSSR count). The number of nitrogens with one attached hydrogen (secondary N) is 1. The zero-order valence-electron chi connectivity index (χ0n) is 12.8. The molecular weight excluding hydrogens is 372 g/mol. The molecule has 1 N–H and O–H groups in total. The van der Waals surface area contributed by atoms with Crippen LogP contribution in [-0.2, 0) is 0 Å². The van der Waals surface area contributed by atoms with E-state index in [1.807, 2.05) is 54.2 Å². The minimum absolute atomic E-state index is 0.0605. The average molecular weight is 390 g/mol. The lowest BCUT2D eigenvalue weighted by molar-refractivity contribution is -0.692. The van der Waals surface area contributed by atoms with E-state index in [0.29, 0.717) is 17.1 Å². The number of carbonyl (C=O) groups excluding carboxylic acids is 1. The lowest BCUT2D eigenvalue weighted by Crippen LogP contribution is -2.51. The summed E-state index contributed by atoms with van der Waals surface area (Å²) in [6.45, 7) is 6.18. The Kier molecular flexibility index (Phi) is 6.19. The van der Waals surface area contributed by atoms with Crippen LogP contribution in [0.25, 0.3) is 0 Å². The molecule has 23 heavy (non-hydrogen) atoms. The standard InChI is InChI=1S/C18H17BrN2OS/c1-3-10-20-18(23)16(21-11-6-7-13(2)12-21)17(22)14-8-4-5-9-15(14)19/h3-9,11-12,16H,1,10H2,2H3/p+1/t16-/m0/s1. The molecule has 118 valence electrons. The largest absolute Gasteiger partial charge is 0.370 e. The second-order valence-corrected chi connectivity index (χ2v) is 6.40. The fourth-order valence-corrected chi connectivity index (χ4v) is 3.04. The lowest BCUT2D eigenvalue weighted by atomic mass is 10.0. The third-order valence-corrected chi connectivity index (χ3v) is 4.38. The molecule has 0 fully saturated rings. The monoisotopic (exact) mass is 389 g/mol. The first-order valence-corrected chi connectivity index (χ1v) is 8.39. The van der Waals surface area contributed by atoms with Gasteiger partial charge < -0.3 is 5.32 Å². The SMILES string of the molecule is C=CCNC(=S)[C@H](C(=O)c1ccccc1Br)[n+]1cccc(C)c1. The molecule has 1 atom stereocenters. The zero-order valence-corrected chi connectivity index (χ0v) is 15.2. The number of aromatic nitrogens is 1. The van der Waals surface area contributed by atoms with E-state index in [2.05, 4.69) is 27.8 Å². The van der Waals surface area contributed by atoms with Crippen molar-refractivity contribution in [2.45, 2.75) is 13.0 Å². The summed E-state index contributed by atoms with van der Waals surface area (Å²) in [5, 5.41) is 3.08. The van der Waals surface area contributed by atoms with Crippen LogP contribution in [0.1, 0.15) is 22.0 Å². The van der Waals surface area contributed by atoms with E-state index in [0.717, 1.165) is 10.0 Å². The number of carbonyl (C=O) groups is 1. The van der Waals surface area contributed by atoms with Gasteiger partial charge in [0.15, 0.2) is 17.4 Å². The van der Waals surface area contributed by atoms with Gasteiger partial charge in [0.05, 0.1) is 0 Å². The summed E-state index contributed by atoms with van der Waals surface area (Å²) >= 11 is 8.91. The number of Topliss-reactive ketones (excluding diaryl/α,β-unsaturated/α-hetero) is 1. The van der Waals surface area contributed by atoms with Crippen LogP contribution in [0.5, 0.6) is 0 Å². The Balaban J connectivity index is 2.45. The molecule has 2 aromatic rings. The highest BCUT2D eigenvalue weighted by Gasteiger charge is 2.33. The van der Waals surface area contributed by atoms with Gasteiger partial charge in [0.25, 0.3) is 6.04 Å². The Bertz CT molecular complexity index is 745. The second kappa shape index (κ2) is 8.13. The number of hydrogen-bond donors (Lipinski definition) is 1. The Morgan fingerprint density at radius 1 is 1.39 bits per heavy atom. The molecule has 0 saturated carbocycles. The summed E-state index contributed by atoms with van der Waals surface area (Å²) in [6, 6.07) is 10.7. The third-order valence-electron chi connectivity index (χ3n) is 3.32. The lowest BCUT2D eigenvalue weighted by Gasteiger charge is -2.15. The highest BCUT2D eigenvalue weighted by Crippen LogP contribution is 2.20. The Labute approximate surface area is 150 Å². The summed E-state index contributed by atoms with van der Waals surface area (Å²) in [6.07, 6.45) is 5.49. The molecule has 0 aliphatic carbocycles. The van der Waals surface area contributed by atoms with Crippen molar-refractivity contribution >= 4 is 38.9 Å². The third kappa shape index (κ3) is 4.33. The number of thiocarbonyl (C=S) groups is 1. The first kappa shape index (κ1) is 17.5. The molecule has 0 aliphatic heterocycles. The summed E-state index contributed by atoms with van der Waals surface area (Å²) in [7, 11) is 0. The van der Waals surface area contributed by atoms with Gasteiger partial charge in [-0.05, 0) is 25.1 Å². The molecule has 1 aromatic carbocycles. The Morgan fingerprint density at radius 3 is 2.78 bits per heavy atom. The van der Waals surface area contributed by atoms with Crippen LogP contribution in [0, 0.1) is 6.92 Å². The molecule has 0 bridgehead atoms. The van der Waals surface area contributed by atoms with Gasteiger partial charge in [-0.3, -0.25) is 4.79 Å². The van der Waals surface area contributed by atoms with Crippen molar-refractivity contribution in [1.82, 2.24) is 5.32 Å². The van der Waals surface area contributed by atoms with Gasteiger partial charge in [-0.15, -0.1) is 6.58 Å². The number of hydrogen-bond acceptors (Lipinski definition) is 2. The van der Waals surface area contributed by atoms with E-state index in [1.165, 1.54) is 0 Å². The van der Waals surface area contributed by atoms with Crippen molar-refractivity contribution in [2.24, 2.45) is 0 Å². The molecule has 0 spiro atoms.